The lowest BCUT2D eigenvalue weighted by molar-refractivity contribution is -0.384. The second-order valence-electron chi connectivity index (χ2n) is 4.89. The summed E-state index contributed by atoms with van der Waals surface area (Å²) in [6, 6.07) is 6.62. The third-order valence-electron chi connectivity index (χ3n) is 3.53. The monoisotopic (exact) mass is 247 g/mol. The second kappa shape index (κ2) is 5.76. The Kier molecular flexibility index (Phi) is 4.07. The maximum Gasteiger partial charge on any atom is 0.269 e. The first-order valence-electron chi connectivity index (χ1n) is 6.43. The van der Waals surface area contributed by atoms with Crippen molar-refractivity contribution in [3.05, 3.63) is 39.9 Å². The molecule has 18 heavy (non-hydrogen) atoms. The van der Waals surface area contributed by atoms with Crippen LogP contribution in [0, 0.1) is 16.0 Å². The fraction of sp³-hybridized carbons (Fsp3) is 0.500. The number of benzene rings is 1. The molecule has 2 rings (SSSR count). The number of hydrogen-bond acceptors (Lipinski definition) is 3. The van der Waals surface area contributed by atoms with E-state index in [9.17, 15) is 14.9 Å². The van der Waals surface area contributed by atoms with Gasteiger partial charge in [-0.05, 0) is 24.8 Å². The molecular weight excluding hydrogens is 230 g/mol. The number of Topliss-reactive ketones (excluding diaryl/α,β-unsaturated/α-hetero) is 1. The van der Waals surface area contributed by atoms with Gasteiger partial charge in [-0.15, -0.1) is 0 Å². The molecule has 0 N–H and O–H groups in total. The Morgan fingerprint density at radius 1 is 1.28 bits per heavy atom. The largest absolute Gasteiger partial charge is 0.299 e. The van der Waals surface area contributed by atoms with Crippen LogP contribution in [0.5, 0.6) is 0 Å². The van der Waals surface area contributed by atoms with Gasteiger partial charge >= 0.3 is 0 Å². The van der Waals surface area contributed by atoms with Crippen LogP contribution in [0.1, 0.15) is 37.7 Å². The first kappa shape index (κ1) is 12.7. The van der Waals surface area contributed by atoms with Crippen molar-refractivity contribution in [2.24, 2.45) is 5.92 Å². The molecular formula is C14H17NO3. The predicted molar refractivity (Wildman–Crippen MR) is 68.4 cm³/mol. The fourth-order valence-corrected chi connectivity index (χ4v) is 2.53. The van der Waals surface area contributed by atoms with Crippen molar-refractivity contribution >= 4 is 11.5 Å². The molecule has 0 aromatic heterocycles. The van der Waals surface area contributed by atoms with E-state index in [1.807, 2.05) is 6.07 Å². The van der Waals surface area contributed by atoms with Crippen LogP contribution < -0.4 is 0 Å². The van der Waals surface area contributed by atoms with Crippen LogP contribution >= 0.6 is 0 Å². The molecule has 1 aromatic carbocycles. The molecule has 0 spiro atoms. The number of nitro groups is 1. The van der Waals surface area contributed by atoms with Gasteiger partial charge in [-0.25, -0.2) is 0 Å². The van der Waals surface area contributed by atoms with Gasteiger partial charge in [-0.3, -0.25) is 14.9 Å². The summed E-state index contributed by atoms with van der Waals surface area (Å²) in [5, 5.41) is 10.7. The highest BCUT2D eigenvalue weighted by Gasteiger charge is 2.21. The van der Waals surface area contributed by atoms with Crippen LogP contribution in [0.25, 0.3) is 0 Å². The summed E-state index contributed by atoms with van der Waals surface area (Å²) in [5.41, 5.74) is 0.998. The van der Waals surface area contributed by atoms with E-state index in [4.69, 9.17) is 0 Å². The van der Waals surface area contributed by atoms with E-state index in [-0.39, 0.29) is 11.6 Å². The quantitative estimate of drug-likeness (QED) is 0.468. The zero-order chi connectivity index (χ0) is 13.0. The van der Waals surface area contributed by atoms with Crippen LogP contribution in [-0.4, -0.2) is 10.7 Å². The fourth-order valence-electron chi connectivity index (χ4n) is 2.53. The Bertz CT molecular complexity index is 456. The van der Waals surface area contributed by atoms with Crippen LogP contribution in [-0.2, 0) is 11.2 Å². The lowest BCUT2D eigenvalue weighted by atomic mass is 9.91. The van der Waals surface area contributed by atoms with E-state index >= 15 is 0 Å². The third-order valence-corrected chi connectivity index (χ3v) is 3.53. The predicted octanol–water partition coefficient (Wildman–Crippen LogP) is 3.29. The number of nitrogens with zero attached hydrogens (tertiary/aromatic N) is 1. The summed E-state index contributed by atoms with van der Waals surface area (Å²) in [6.07, 6.45) is 5.43. The van der Waals surface area contributed by atoms with E-state index in [1.165, 1.54) is 6.07 Å². The van der Waals surface area contributed by atoms with Crippen molar-refractivity contribution < 1.29 is 9.72 Å². The molecule has 0 bridgehead atoms. The van der Waals surface area contributed by atoms with Crippen molar-refractivity contribution in [2.75, 3.05) is 0 Å². The highest BCUT2D eigenvalue weighted by atomic mass is 16.6. The summed E-state index contributed by atoms with van der Waals surface area (Å²) >= 11 is 0. The Balaban J connectivity index is 2.10. The van der Waals surface area contributed by atoms with E-state index in [2.05, 4.69) is 0 Å². The Morgan fingerprint density at radius 2 is 2.11 bits per heavy atom. The molecule has 1 unspecified atom stereocenters. The van der Waals surface area contributed by atoms with Crippen molar-refractivity contribution in [1.29, 1.82) is 0 Å². The first-order valence-corrected chi connectivity index (χ1v) is 6.43. The van der Waals surface area contributed by atoms with Gasteiger partial charge < -0.3 is 0 Å². The molecule has 1 aromatic rings. The van der Waals surface area contributed by atoms with Crippen LogP contribution in [0.3, 0.4) is 0 Å². The summed E-state index contributed by atoms with van der Waals surface area (Å²) in [5.74, 6) is 0.369. The van der Waals surface area contributed by atoms with E-state index in [0.29, 0.717) is 18.6 Å². The summed E-state index contributed by atoms with van der Waals surface area (Å²) in [6.45, 7) is 0. The highest BCUT2D eigenvalue weighted by molar-refractivity contribution is 5.81. The second-order valence-corrected chi connectivity index (χ2v) is 4.89. The normalized spacial score (nSPS) is 20.4. The molecule has 0 aliphatic heterocycles. The van der Waals surface area contributed by atoms with Crippen molar-refractivity contribution in [3.8, 4) is 0 Å². The maximum atomic E-state index is 11.9. The smallest absolute Gasteiger partial charge is 0.269 e. The lowest BCUT2D eigenvalue weighted by Gasteiger charge is -2.12. The average molecular weight is 247 g/mol. The van der Waals surface area contributed by atoms with Gasteiger partial charge in [-0.2, -0.15) is 0 Å². The molecule has 96 valence electrons. The number of rotatable bonds is 3. The molecule has 4 heteroatoms. The standard InChI is InChI=1S/C14H17NO3/c16-14-8-3-1-2-6-12(14)9-11-5-4-7-13(10-11)15(17)18/h4-5,7,10,12H,1-3,6,8-9H2. The van der Waals surface area contributed by atoms with Gasteiger partial charge in [0, 0.05) is 24.5 Å². The van der Waals surface area contributed by atoms with E-state index in [1.54, 1.807) is 12.1 Å². The number of hydrogen-bond donors (Lipinski definition) is 0. The van der Waals surface area contributed by atoms with Crippen molar-refractivity contribution in [2.45, 2.75) is 38.5 Å². The van der Waals surface area contributed by atoms with Gasteiger partial charge in [0.15, 0.2) is 0 Å². The molecule has 0 amide bonds. The molecule has 4 nitrogen and oxygen atoms in total. The summed E-state index contributed by atoms with van der Waals surface area (Å²) in [4.78, 5) is 22.2. The number of nitro benzene ring substituents is 1. The van der Waals surface area contributed by atoms with E-state index < -0.39 is 4.92 Å². The van der Waals surface area contributed by atoms with Crippen molar-refractivity contribution in [1.82, 2.24) is 0 Å². The van der Waals surface area contributed by atoms with E-state index in [0.717, 1.165) is 31.2 Å². The molecule has 1 aliphatic rings. The Labute approximate surface area is 106 Å². The molecule has 1 aliphatic carbocycles. The summed E-state index contributed by atoms with van der Waals surface area (Å²) in [7, 11) is 0. The molecule has 0 saturated heterocycles. The molecule has 1 fully saturated rings. The van der Waals surface area contributed by atoms with Crippen LogP contribution in [0.4, 0.5) is 5.69 Å². The average Bonchev–Trinajstić information content (AvgIpc) is 2.55. The van der Waals surface area contributed by atoms with Crippen LogP contribution in [0.2, 0.25) is 0 Å². The number of non-ortho nitro benzene ring substituents is 1. The lowest BCUT2D eigenvalue weighted by Crippen LogP contribution is -2.15. The SMILES string of the molecule is O=C1CCCCCC1Cc1cccc([N+](=O)[O-])c1. The minimum absolute atomic E-state index is 0.0505. The van der Waals surface area contributed by atoms with Gasteiger partial charge in [0.25, 0.3) is 5.69 Å². The van der Waals surface area contributed by atoms with Crippen LogP contribution in [0.15, 0.2) is 24.3 Å². The molecule has 0 radical (unpaired) electrons. The first-order chi connectivity index (χ1) is 8.66. The number of ketones is 1. The third kappa shape index (κ3) is 3.15. The summed E-state index contributed by atoms with van der Waals surface area (Å²) < 4.78 is 0. The van der Waals surface area contributed by atoms with Gasteiger partial charge in [0.1, 0.15) is 5.78 Å². The number of carbonyl (C=O) groups excluding carboxylic acids is 1. The topological polar surface area (TPSA) is 60.2 Å². The highest BCUT2D eigenvalue weighted by Crippen LogP contribution is 2.24. The minimum Gasteiger partial charge on any atom is -0.299 e. The Morgan fingerprint density at radius 3 is 2.89 bits per heavy atom. The minimum atomic E-state index is -0.390. The molecule has 0 heterocycles. The molecule has 1 saturated carbocycles. The molecule has 1 atom stereocenters. The van der Waals surface area contributed by atoms with Crippen molar-refractivity contribution in [3.63, 3.8) is 0 Å². The van der Waals surface area contributed by atoms with Gasteiger partial charge in [-0.1, -0.05) is 25.0 Å². The Hall–Kier alpha value is -1.71. The number of carbonyl (C=O) groups is 1. The zero-order valence-electron chi connectivity index (χ0n) is 10.3. The maximum absolute atomic E-state index is 11.9. The van der Waals surface area contributed by atoms with Gasteiger partial charge in [0.2, 0.25) is 0 Å². The zero-order valence-corrected chi connectivity index (χ0v) is 10.3. The van der Waals surface area contributed by atoms with Gasteiger partial charge in [0.05, 0.1) is 4.92 Å².